The standard InChI is InChI=1S/C10H9BrF3NO2/c1-17-8-3-2-6(4-7(8)11)5-15-9(16)10(12,13)14/h2-4H,5H2,1H3,(H,15,16). The van der Waals surface area contributed by atoms with E-state index in [2.05, 4.69) is 15.9 Å². The molecule has 17 heavy (non-hydrogen) atoms. The number of methoxy groups -OCH3 is 1. The first kappa shape index (κ1) is 13.8. The van der Waals surface area contributed by atoms with Gasteiger partial charge in [-0.25, -0.2) is 0 Å². The number of nitrogens with one attached hydrogen (secondary N) is 1. The lowest BCUT2D eigenvalue weighted by atomic mass is 10.2. The van der Waals surface area contributed by atoms with E-state index in [9.17, 15) is 18.0 Å². The van der Waals surface area contributed by atoms with Gasteiger partial charge in [-0.3, -0.25) is 4.79 Å². The lowest BCUT2D eigenvalue weighted by molar-refractivity contribution is -0.173. The van der Waals surface area contributed by atoms with E-state index in [4.69, 9.17) is 4.74 Å². The van der Waals surface area contributed by atoms with E-state index in [0.29, 0.717) is 15.8 Å². The smallest absolute Gasteiger partial charge is 0.471 e. The summed E-state index contributed by atoms with van der Waals surface area (Å²) < 4.78 is 41.3. The van der Waals surface area contributed by atoms with Gasteiger partial charge in [-0.15, -0.1) is 0 Å². The maximum absolute atomic E-state index is 11.9. The van der Waals surface area contributed by atoms with Crippen LogP contribution in [0.15, 0.2) is 22.7 Å². The van der Waals surface area contributed by atoms with Gasteiger partial charge in [0.15, 0.2) is 0 Å². The molecule has 0 radical (unpaired) electrons. The Morgan fingerprint density at radius 1 is 1.47 bits per heavy atom. The lowest BCUT2D eigenvalue weighted by Crippen LogP contribution is -2.36. The normalized spacial score (nSPS) is 11.1. The molecule has 0 spiro atoms. The van der Waals surface area contributed by atoms with Crippen LogP contribution in [0.4, 0.5) is 13.2 Å². The monoisotopic (exact) mass is 311 g/mol. The predicted octanol–water partition coefficient (Wildman–Crippen LogP) is 2.64. The van der Waals surface area contributed by atoms with Crippen molar-refractivity contribution in [3.63, 3.8) is 0 Å². The largest absolute Gasteiger partial charge is 0.496 e. The maximum Gasteiger partial charge on any atom is 0.471 e. The number of hydrogen-bond donors (Lipinski definition) is 1. The van der Waals surface area contributed by atoms with Crippen molar-refractivity contribution in [1.82, 2.24) is 5.32 Å². The Balaban J connectivity index is 2.65. The first-order chi connectivity index (χ1) is 7.84. The van der Waals surface area contributed by atoms with Gasteiger partial charge in [0.2, 0.25) is 0 Å². The molecule has 0 atom stereocenters. The number of carbonyl (C=O) groups excluding carboxylic acids is 1. The summed E-state index contributed by atoms with van der Waals surface area (Å²) in [6, 6.07) is 4.74. The molecule has 3 nitrogen and oxygen atoms in total. The molecule has 0 bridgehead atoms. The predicted molar refractivity (Wildman–Crippen MR) is 58.6 cm³/mol. The summed E-state index contributed by atoms with van der Waals surface area (Å²) in [5.41, 5.74) is 0.537. The summed E-state index contributed by atoms with van der Waals surface area (Å²) in [7, 11) is 1.48. The van der Waals surface area contributed by atoms with Crippen LogP contribution in [0.25, 0.3) is 0 Å². The van der Waals surface area contributed by atoms with E-state index in [0.717, 1.165) is 0 Å². The van der Waals surface area contributed by atoms with Gasteiger partial charge in [-0.1, -0.05) is 6.07 Å². The molecule has 0 aliphatic carbocycles. The molecular weight excluding hydrogens is 303 g/mol. The highest BCUT2D eigenvalue weighted by Gasteiger charge is 2.38. The second-order valence-corrected chi connectivity index (χ2v) is 4.00. The fourth-order valence-corrected chi connectivity index (χ4v) is 1.69. The van der Waals surface area contributed by atoms with Crippen LogP contribution in [0, 0.1) is 0 Å². The number of carbonyl (C=O) groups is 1. The van der Waals surface area contributed by atoms with Gasteiger partial charge in [0, 0.05) is 6.54 Å². The summed E-state index contributed by atoms with van der Waals surface area (Å²) in [5.74, 6) is -1.39. The number of amides is 1. The highest BCUT2D eigenvalue weighted by molar-refractivity contribution is 9.10. The molecule has 1 aromatic carbocycles. The van der Waals surface area contributed by atoms with Gasteiger partial charge in [0.05, 0.1) is 11.6 Å². The lowest BCUT2D eigenvalue weighted by Gasteiger charge is -2.09. The first-order valence-corrected chi connectivity index (χ1v) is 5.31. The Labute approximate surface area is 104 Å². The van der Waals surface area contributed by atoms with Crippen LogP contribution in [0.3, 0.4) is 0 Å². The molecule has 0 aliphatic rings. The van der Waals surface area contributed by atoms with Crippen molar-refractivity contribution >= 4 is 21.8 Å². The molecule has 0 aromatic heterocycles. The van der Waals surface area contributed by atoms with Crippen molar-refractivity contribution in [3.8, 4) is 5.75 Å². The summed E-state index contributed by atoms with van der Waals surface area (Å²) in [6.45, 7) is -0.194. The molecule has 1 amide bonds. The second kappa shape index (κ2) is 5.39. The molecule has 1 rings (SSSR count). The molecule has 94 valence electrons. The average molecular weight is 312 g/mol. The van der Waals surface area contributed by atoms with Gasteiger partial charge < -0.3 is 10.1 Å². The molecule has 0 saturated heterocycles. The number of benzene rings is 1. The Morgan fingerprint density at radius 2 is 2.12 bits per heavy atom. The highest BCUT2D eigenvalue weighted by Crippen LogP contribution is 2.25. The number of halogens is 4. The summed E-state index contributed by atoms with van der Waals surface area (Å²) in [6.07, 6.45) is -4.86. The quantitative estimate of drug-likeness (QED) is 0.932. The third-order valence-corrected chi connectivity index (χ3v) is 2.55. The molecule has 7 heteroatoms. The zero-order valence-electron chi connectivity index (χ0n) is 8.77. The first-order valence-electron chi connectivity index (χ1n) is 4.52. The van der Waals surface area contributed by atoms with Gasteiger partial charge in [-0.2, -0.15) is 13.2 Å². The molecule has 0 saturated carbocycles. The van der Waals surface area contributed by atoms with E-state index in [1.165, 1.54) is 7.11 Å². The minimum Gasteiger partial charge on any atom is -0.496 e. The fourth-order valence-electron chi connectivity index (χ4n) is 1.10. The zero-order chi connectivity index (χ0) is 13.1. The van der Waals surface area contributed by atoms with Gasteiger partial charge in [0.1, 0.15) is 5.75 Å². The van der Waals surface area contributed by atoms with Crippen LogP contribution >= 0.6 is 15.9 Å². The third kappa shape index (κ3) is 3.92. The Hall–Kier alpha value is -1.24. The Morgan fingerprint density at radius 3 is 2.59 bits per heavy atom. The van der Waals surface area contributed by atoms with E-state index in [1.807, 2.05) is 0 Å². The SMILES string of the molecule is COc1ccc(CNC(=O)C(F)(F)F)cc1Br. The number of rotatable bonds is 3. The number of hydrogen-bond acceptors (Lipinski definition) is 2. The van der Waals surface area contributed by atoms with E-state index >= 15 is 0 Å². The average Bonchev–Trinajstić information content (AvgIpc) is 2.24. The number of alkyl halides is 3. The van der Waals surface area contributed by atoms with Crippen molar-refractivity contribution in [2.45, 2.75) is 12.7 Å². The van der Waals surface area contributed by atoms with Gasteiger partial charge in [-0.05, 0) is 33.6 Å². The molecule has 0 heterocycles. The van der Waals surface area contributed by atoms with E-state index in [-0.39, 0.29) is 6.54 Å². The van der Waals surface area contributed by atoms with Crippen LogP contribution < -0.4 is 10.1 Å². The van der Waals surface area contributed by atoms with E-state index in [1.54, 1.807) is 23.5 Å². The number of ether oxygens (including phenoxy) is 1. The Bertz CT molecular complexity index is 421. The fraction of sp³-hybridized carbons (Fsp3) is 0.300. The van der Waals surface area contributed by atoms with Gasteiger partial charge in [0.25, 0.3) is 0 Å². The minimum atomic E-state index is -4.86. The second-order valence-electron chi connectivity index (χ2n) is 3.15. The summed E-state index contributed by atoms with van der Waals surface area (Å²) in [4.78, 5) is 10.6. The van der Waals surface area contributed by atoms with Gasteiger partial charge >= 0.3 is 12.1 Å². The van der Waals surface area contributed by atoms with Crippen LogP contribution in [0.5, 0.6) is 5.75 Å². The summed E-state index contributed by atoms with van der Waals surface area (Å²) in [5, 5.41) is 1.78. The van der Waals surface area contributed by atoms with Crippen LogP contribution in [-0.4, -0.2) is 19.2 Å². The molecule has 1 N–H and O–H groups in total. The van der Waals surface area contributed by atoms with Crippen molar-refractivity contribution in [1.29, 1.82) is 0 Å². The minimum absolute atomic E-state index is 0.194. The van der Waals surface area contributed by atoms with E-state index < -0.39 is 12.1 Å². The summed E-state index contributed by atoms with van der Waals surface area (Å²) >= 11 is 3.19. The molecule has 0 fully saturated rings. The van der Waals surface area contributed by atoms with Crippen LogP contribution in [0.2, 0.25) is 0 Å². The topological polar surface area (TPSA) is 38.3 Å². The van der Waals surface area contributed by atoms with Crippen LogP contribution in [0.1, 0.15) is 5.56 Å². The molecule has 1 aromatic rings. The van der Waals surface area contributed by atoms with Crippen molar-refractivity contribution in [3.05, 3.63) is 28.2 Å². The molecule has 0 aliphatic heterocycles. The van der Waals surface area contributed by atoms with Crippen molar-refractivity contribution < 1.29 is 22.7 Å². The zero-order valence-corrected chi connectivity index (χ0v) is 10.4. The Kier molecular flexibility index (Phi) is 4.39. The third-order valence-electron chi connectivity index (χ3n) is 1.93. The van der Waals surface area contributed by atoms with Crippen LogP contribution in [-0.2, 0) is 11.3 Å². The molecule has 0 unspecified atom stereocenters. The van der Waals surface area contributed by atoms with Crippen molar-refractivity contribution in [2.24, 2.45) is 0 Å². The maximum atomic E-state index is 11.9. The molecular formula is C10H9BrF3NO2. The highest BCUT2D eigenvalue weighted by atomic mass is 79.9. The van der Waals surface area contributed by atoms with Crippen molar-refractivity contribution in [2.75, 3.05) is 7.11 Å².